The summed E-state index contributed by atoms with van der Waals surface area (Å²) in [5, 5.41) is 18.4. The van der Waals surface area contributed by atoms with Crippen molar-refractivity contribution in [3.8, 4) is 0 Å². The molecule has 3 N–H and O–H groups in total. The predicted molar refractivity (Wildman–Crippen MR) is 94.8 cm³/mol. The number of amides is 1. The van der Waals surface area contributed by atoms with E-state index >= 15 is 0 Å². The number of oxime groups is 1. The number of carbonyl (C=O) groups is 1. The van der Waals surface area contributed by atoms with Crippen molar-refractivity contribution in [1.29, 1.82) is 0 Å². The van der Waals surface area contributed by atoms with Crippen LogP contribution in [0.25, 0.3) is 10.9 Å². The minimum Gasteiger partial charge on any atom is -0.411 e. The van der Waals surface area contributed by atoms with E-state index < -0.39 is 0 Å². The van der Waals surface area contributed by atoms with Gasteiger partial charge >= 0.3 is 0 Å². The smallest absolute Gasteiger partial charge is 0.265 e. The quantitative estimate of drug-likeness (QED) is 0.329. The molecule has 126 valence electrons. The first-order valence-electron chi connectivity index (χ1n) is 8.39. The average Bonchev–Trinajstić information content (AvgIpc) is 2.61. The lowest BCUT2D eigenvalue weighted by molar-refractivity contribution is -0.114. The average molecular weight is 326 g/mol. The van der Waals surface area contributed by atoms with Crippen LogP contribution in [0.1, 0.15) is 30.5 Å². The Morgan fingerprint density at radius 1 is 1.25 bits per heavy atom. The van der Waals surface area contributed by atoms with Crippen molar-refractivity contribution < 1.29 is 10.0 Å². The molecule has 1 aliphatic carbocycles. The van der Waals surface area contributed by atoms with Crippen LogP contribution in [0.5, 0.6) is 0 Å². The topological polar surface area (TPSA) is 86.6 Å². The van der Waals surface area contributed by atoms with Crippen LogP contribution < -0.4 is 10.6 Å². The van der Waals surface area contributed by atoms with E-state index in [4.69, 9.17) is 10.2 Å². The van der Waals surface area contributed by atoms with Gasteiger partial charge in [0.15, 0.2) is 0 Å². The first kappa shape index (κ1) is 16.2. The van der Waals surface area contributed by atoms with Gasteiger partial charge in [-0.25, -0.2) is 0 Å². The predicted octanol–water partition coefficient (Wildman–Crippen LogP) is 2.49. The van der Waals surface area contributed by atoms with Gasteiger partial charge in [0.1, 0.15) is 6.21 Å². The molecule has 0 radical (unpaired) electrons. The largest absolute Gasteiger partial charge is 0.411 e. The van der Waals surface area contributed by atoms with Crippen molar-refractivity contribution in [1.82, 2.24) is 10.3 Å². The maximum atomic E-state index is 11.2. The maximum absolute atomic E-state index is 11.2. The molecule has 0 fully saturated rings. The number of carbonyl (C=O) groups excluding carboxylic acids is 1. The van der Waals surface area contributed by atoms with Gasteiger partial charge in [0.05, 0.1) is 5.52 Å². The molecular formula is C18H22N4O2. The molecule has 0 saturated heterocycles. The van der Waals surface area contributed by atoms with Crippen LogP contribution in [0.15, 0.2) is 29.4 Å². The van der Waals surface area contributed by atoms with E-state index in [0.717, 1.165) is 42.9 Å². The maximum Gasteiger partial charge on any atom is 0.265 e. The number of aromatic nitrogens is 1. The number of nitrogens with zero attached hydrogens (tertiary/aromatic N) is 2. The number of anilines is 1. The molecule has 1 aromatic carbocycles. The highest BCUT2D eigenvalue weighted by Gasteiger charge is 2.17. The third-order valence-corrected chi connectivity index (χ3v) is 4.30. The minimum absolute atomic E-state index is 0.385. The van der Waals surface area contributed by atoms with E-state index in [1.807, 2.05) is 12.1 Å². The number of fused-ring (bicyclic) bond motifs is 2. The Balaban J connectivity index is 1.70. The van der Waals surface area contributed by atoms with E-state index in [9.17, 15) is 4.79 Å². The molecule has 2 aromatic rings. The summed E-state index contributed by atoms with van der Waals surface area (Å²) in [6, 6.07) is 8.23. The number of para-hydroxylation sites is 1. The molecule has 24 heavy (non-hydrogen) atoms. The SMILES string of the molecule is O=C(C=NO)NCCCNc1c2c(nc3ccccc13)CCCC2. The monoisotopic (exact) mass is 326 g/mol. The summed E-state index contributed by atoms with van der Waals surface area (Å²) in [5.74, 6) is -0.385. The molecule has 0 atom stereocenters. The lowest BCUT2D eigenvalue weighted by Crippen LogP contribution is -2.26. The van der Waals surface area contributed by atoms with E-state index in [1.54, 1.807) is 0 Å². The van der Waals surface area contributed by atoms with Gasteiger partial charge in [0.2, 0.25) is 0 Å². The fourth-order valence-corrected chi connectivity index (χ4v) is 3.19. The van der Waals surface area contributed by atoms with Crippen molar-refractivity contribution in [3.63, 3.8) is 0 Å². The zero-order valence-electron chi connectivity index (χ0n) is 13.6. The zero-order chi connectivity index (χ0) is 16.8. The summed E-state index contributed by atoms with van der Waals surface area (Å²) < 4.78 is 0. The Morgan fingerprint density at radius 2 is 2.08 bits per heavy atom. The third-order valence-electron chi connectivity index (χ3n) is 4.30. The Hall–Kier alpha value is -2.63. The Morgan fingerprint density at radius 3 is 2.96 bits per heavy atom. The Kier molecular flexibility index (Phi) is 5.25. The van der Waals surface area contributed by atoms with Crippen LogP contribution in [-0.2, 0) is 17.6 Å². The molecular weight excluding hydrogens is 304 g/mol. The van der Waals surface area contributed by atoms with Gasteiger partial charge in [-0.15, -0.1) is 0 Å². The van der Waals surface area contributed by atoms with Crippen LogP contribution in [0.4, 0.5) is 5.69 Å². The molecule has 6 heteroatoms. The van der Waals surface area contributed by atoms with Crippen molar-refractivity contribution in [2.75, 3.05) is 18.4 Å². The highest BCUT2D eigenvalue weighted by atomic mass is 16.4. The van der Waals surface area contributed by atoms with Crippen LogP contribution in [0.2, 0.25) is 0 Å². The van der Waals surface area contributed by atoms with Gasteiger partial charge in [0.25, 0.3) is 5.91 Å². The summed E-state index contributed by atoms with van der Waals surface area (Å²) in [6.07, 6.45) is 6.18. The van der Waals surface area contributed by atoms with E-state index in [1.165, 1.54) is 29.8 Å². The number of rotatable bonds is 6. The summed E-state index contributed by atoms with van der Waals surface area (Å²) in [6.45, 7) is 1.29. The number of aryl methyl sites for hydroxylation is 1. The molecule has 1 aliphatic rings. The zero-order valence-corrected chi connectivity index (χ0v) is 13.6. The van der Waals surface area contributed by atoms with Crippen molar-refractivity contribution >= 4 is 28.7 Å². The highest BCUT2D eigenvalue weighted by molar-refractivity contribution is 6.25. The molecule has 0 unspecified atom stereocenters. The van der Waals surface area contributed by atoms with Gasteiger partial charge in [0, 0.05) is 29.9 Å². The molecule has 1 aromatic heterocycles. The molecule has 1 amide bonds. The molecule has 0 aliphatic heterocycles. The minimum atomic E-state index is -0.385. The van der Waals surface area contributed by atoms with Crippen LogP contribution in [0.3, 0.4) is 0 Å². The lowest BCUT2D eigenvalue weighted by Gasteiger charge is -2.21. The number of benzene rings is 1. The van der Waals surface area contributed by atoms with Crippen molar-refractivity contribution in [2.24, 2.45) is 5.16 Å². The van der Waals surface area contributed by atoms with Gasteiger partial charge in [-0.1, -0.05) is 23.4 Å². The van der Waals surface area contributed by atoms with Gasteiger partial charge in [-0.05, 0) is 43.7 Å². The van der Waals surface area contributed by atoms with Crippen molar-refractivity contribution in [3.05, 3.63) is 35.5 Å². The number of pyridine rings is 1. The van der Waals surface area contributed by atoms with E-state index in [-0.39, 0.29) is 5.91 Å². The van der Waals surface area contributed by atoms with Crippen LogP contribution >= 0.6 is 0 Å². The van der Waals surface area contributed by atoms with E-state index in [2.05, 4.69) is 27.9 Å². The van der Waals surface area contributed by atoms with Gasteiger partial charge < -0.3 is 15.8 Å². The molecule has 0 saturated carbocycles. The fraction of sp³-hybridized carbons (Fsp3) is 0.389. The second-order valence-electron chi connectivity index (χ2n) is 5.95. The second-order valence-corrected chi connectivity index (χ2v) is 5.95. The molecule has 1 heterocycles. The molecule has 3 rings (SSSR count). The fourth-order valence-electron chi connectivity index (χ4n) is 3.19. The summed E-state index contributed by atoms with van der Waals surface area (Å²) in [5.41, 5.74) is 4.79. The summed E-state index contributed by atoms with van der Waals surface area (Å²) >= 11 is 0. The van der Waals surface area contributed by atoms with Crippen LogP contribution in [-0.4, -0.2) is 35.4 Å². The van der Waals surface area contributed by atoms with Crippen molar-refractivity contribution in [2.45, 2.75) is 32.1 Å². The Labute approximate surface area is 141 Å². The van der Waals surface area contributed by atoms with Gasteiger partial charge in [-0.2, -0.15) is 0 Å². The Bertz CT molecular complexity index is 758. The first-order valence-corrected chi connectivity index (χ1v) is 8.39. The molecule has 6 nitrogen and oxygen atoms in total. The standard InChI is InChI=1S/C18H22N4O2/c23-17(12-21-24)19-10-5-11-20-18-13-6-1-3-8-15(13)22-16-9-4-2-7-14(16)18/h1,3,6,8,12,24H,2,4-5,7,9-11H2,(H,19,23)(H,20,22). The lowest BCUT2D eigenvalue weighted by atomic mass is 9.92. The molecule has 0 bridgehead atoms. The van der Waals surface area contributed by atoms with Gasteiger partial charge in [-0.3, -0.25) is 9.78 Å². The summed E-state index contributed by atoms with van der Waals surface area (Å²) in [4.78, 5) is 16.0. The second kappa shape index (κ2) is 7.77. The summed E-state index contributed by atoms with van der Waals surface area (Å²) in [7, 11) is 0. The van der Waals surface area contributed by atoms with E-state index in [0.29, 0.717) is 6.54 Å². The molecule has 0 spiro atoms. The number of hydrogen-bond donors (Lipinski definition) is 3. The normalized spacial score (nSPS) is 13.8. The highest BCUT2D eigenvalue weighted by Crippen LogP contribution is 2.33. The first-order chi connectivity index (χ1) is 11.8. The number of hydrogen-bond acceptors (Lipinski definition) is 5. The van der Waals surface area contributed by atoms with Crippen LogP contribution in [0, 0.1) is 0 Å². The number of nitrogens with one attached hydrogen (secondary N) is 2. The third kappa shape index (κ3) is 3.64.